The second kappa shape index (κ2) is 3.97. The molecule has 0 aliphatic heterocycles. The first-order chi connectivity index (χ1) is 6.81. The van der Waals surface area contributed by atoms with Crippen LogP contribution in [0.15, 0.2) is 6.20 Å². The van der Waals surface area contributed by atoms with Gasteiger partial charge in [0.2, 0.25) is 0 Å². The fraction of sp³-hybridized carbons (Fsp3) is 0.571. The van der Waals surface area contributed by atoms with Crippen molar-refractivity contribution in [2.75, 3.05) is 12.0 Å². The quantitative estimate of drug-likeness (QED) is 0.544. The number of aryl methyl sites for hydroxylation is 1. The molecule has 1 aromatic heterocycles. The Kier molecular flexibility index (Phi) is 3.08. The highest BCUT2D eigenvalue weighted by Gasteiger charge is 2.18. The summed E-state index contributed by atoms with van der Waals surface area (Å²) in [6.07, 6.45) is 2.21. The molecule has 1 rings (SSSR count). The Hall–Kier alpha value is -1.44. The Morgan fingerprint density at radius 3 is 2.67 bits per heavy atom. The van der Waals surface area contributed by atoms with Crippen LogP contribution in [-0.2, 0) is 16.4 Å². The summed E-state index contributed by atoms with van der Waals surface area (Å²) < 4.78 is 23.1. The monoisotopic (exact) mass is 233 g/mol. The smallest absolute Gasteiger partial charge is 0.342 e. The van der Waals surface area contributed by atoms with Crippen LogP contribution in [0.5, 0.6) is 0 Å². The number of sulfone groups is 1. The summed E-state index contributed by atoms with van der Waals surface area (Å²) in [6.45, 7) is 1.65. The SMILES string of the molecule is Cc1ncc([N+](=O)[O-])n1CCS(C)(=O)=O. The molecule has 84 valence electrons. The summed E-state index contributed by atoms with van der Waals surface area (Å²) in [6, 6.07) is 0. The van der Waals surface area contributed by atoms with E-state index in [1.807, 2.05) is 0 Å². The summed E-state index contributed by atoms with van der Waals surface area (Å²) in [7, 11) is -3.13. The molecule has 1 aromatic rings. The van der Waals surface area contributed by atoms with Crippen LogP contribution in [0.4, 0.5) is 5.82 Å². The van der Waals surface area contributed by atoms with E-state index in [1.54, 1.807) is 6.92 Å². The van der Waals surface area contributed by atoms with E-state index in [1.165, 1.54) is 4.57 Å². The first-order valence-corrected chi connectivity index (χ1v) is 6.21. The van der Waals surface area contributed by atoms with Crippen molar-refractivity contribution in [1.29, 1.82) is 0 Å². The first-order valence-electron chi connectivity index (χ1n) is 4.15. The van der Waals surface area contributed by atoms with Gasteiger partial charge in [-0.15, -0.1) is 0 Å². The minimum Gasteiger partial charge on any atom is -0.358 e. The molecular formula is C7H11N3O4S. The van der Waals surface area contributed by atoms with Gasteiger partial charge in [-0.25, -0.2) is 18.0 Å². The summed E-state index contributed by atoms with van der Waals surface area (Å²) in [5.41, 5.74) is 0. The number of hydrogen-bond acceptors (Lipinski definition) is 5. The standard InChI is InChI=1S/C7H11N3O4S/c1-6-8-5-7(10(11)12)9(6)3-4-15(2,13)14/h5H,3-4H2,1-2H3. The lowest BCUT2D eigenvalue weighted by molar-refractivity contribution is -0.392. The van der Waals surface area contributed by atoms with Gasteiger partial charge in [0, 0.05) is 13.2 Å². The Morgan fingerprint density at radius 2 is 2.20 bits per heavy atom. The fourth-order valence-corrected chi connectivity index (χ4v) is 1.65. The zero-order valence-corrected chi connectivity index (χ0v) is 9.19. The van der Waals surface area contributed by atoms with Crippen molar-refractivity contribution in [2.45, 2.75) is 13.5 Å². The van der Waals surface area contributed by atoms with Crippen LogP contribution in [0, 0.1) is 17.0 Å². The number of nitro groups is 1. The van der Waals surface area contributed by atoms with Crippen molar-refractivity contribution >= 4 is 15.7 Å². The summed E-state index contributed by atoms with van der Waals surface area (Å²) in [4.78, 5) is 13.7. The molecule has 0 aliphatic carbocycles. The van der Waals surface area contributed by atoms with Gasteiger partial charge in [-0.05, 0) is 4.92 Å². The molecule has 0 fully saturated rings. The fourth-order valence-electron chi connectivity index (χ4n) is 1.14. The third kappa shape index (κ3) is 3.01. The van der Waals surface area contributed by atoms with E-state index >= 15 is 0 Å². The third-order valence-corrected chi connectivity index (χ3v) is 2.83. The minimum absolute atomic E-state index is 0.0565. The van der Waals surface area contributed by atoms with Crippen LogP contribution < -0.4 is 0 Å². The Labute approximate surface area is 86.8 Å². The summed E-state index contributed by atoms with van der Waals surface area (Å²) in [5.74, 6) is 0.118. The Morgan fingerprint density at radius 1 is 1.60 bits per heavy atom. The number of imidazole rings is 1. The van der Waals surface area contributed by atoms with Crippen molar-refractivity contribution in [3.05, 3.63) is 22.1 Å². The van der Waals surface area contributed by atoms with Gasteiger partial charge in [0.15, 0.2) is 15.7 Å². The van der Waals surface area contributed by atoms with Gasteiger partial charge in [0.05, 0.1) is 5.75 Å². The van der Waals surface area contributed by atoms with E-state index < -0.39 is 14.8 Å². The predicted molar refractivity (Wildman–Crippen MR) is 53.3 cm³/mol. The van der Waals surface area contributed by atoms with Gasteiger partial charge in [-0.1, -0.05) is 0 Å². The second-order valence-corrected chi connectivity index (χ2v) is 5.46. The largest absolute Gasteiger partial charge is 0.358 e. The van der Waals surface area contributed by atoms with Crippen LogP contribution in [0.2, 0.25) is 0 Å². The molecule has 0 amide bonds. The molecule has 7 nitrogen and oxygen atoms in total. The third-order valence-electron chi connectivity index (χ3n) is 1.91. The molecule has 0 spiro atoms. The zero-order valence-electron chi connectivity index (χ0n) is 8.37. The molecule has 15 heavy (non-hydrogen) atoms. The number of hydrogen-bond donors (Lipinski definition) is 0. The zero-order chi connectivity index (χ0) is 11.6. The minimum atomic E-state index is -3.13. The van der Waals surface area contributed by atoms with Crippen molar-refractivity contribution < 1.29 is 13.3 Å². The summed E-state index contributed by atoms with van der Waals surface area (Å²) in [5, 5.41) is 10.6. The maximum absolute atomic E-state index is 10.9. The van der Waals surface area contributed by atoms with E-state index in [0.29, 0.717) is 5.82 Å². The average Bonchev–Trinajstić information content (AvgIpc) is 2.42. The maximum atomic E-state index is 10.9. The highest BCUT2D eigenvalue weighted by Crippen LogP contribution is 2.13. The van der Waals surface area contributed by atoms with Crippen molar-refractivity contribution in [3.8, 4) is 0 Å². The molecule has 0 bridgehead atoms. The van der Waals surface area contributed by atoms with Gasteiger partial charge in [0.25, 0.3) is 0 Å². The number of aromatic nitrogens is 2. The van der Waals surface area contributed by atoms with E-state index in [2.05, 4.69) is 4.98 Å². The number of nitrogens with zero attached hydrogens (tertiary/aromatic N) is 3. The molecule has 0 aromatic carbocycles. The molecule has 0 atom stereocenters. The lowest BCUT2D eigenvalue weighted by atomic mass is 10.6. The Bertz CT molecular complexity index is 476. The number of rotatable bonds is 4. The van der Waals surface area contributed by atoms with E-state index in [-0.39, 0.29) is 18.1 Å². The molecule has 0 aliphatic rings. The van der Waals surface area contributed by atoms with Gasteiger partial charge in [-0.3, -0.25) is 0 Å². The Balaban J connectivity index is 2.93. The van der Waals surface area contributed by atoms with Crippen LogP contribution in [-0.4, -0.2) is 34.9 Å². The van der Waals surface area contributed by atoms with Gasteiger partial charge in [-0.2, -0.15) is 0 Å². The first kappa shape index (κ1) is 11.6. The van der Waals surface area contributed by atoms with E-state index in [4.69, 9.17) is 0 Å². The molecule has 0 saturated heterocycles. The van der Waals surface area contributed by atoms with Gasteiger partial charge in [0.1, 0.15) is 12.7 Å². The van der Waals surface area contributed by atoms with Crippen LogP contribution in [0.1, 0.15) is 5.82 Å². The second-order valence-electron chi connectivity index (χ2n) is 3.20. The topological polar surface area (TPSA) is 95.1 Å². The van der Waals surface area contributed by atoms with E-state index in [9.17, 15) is 18.5 Å². The molecule has 8 heteroatoms. The highest BCUT2D eigenvalue weighted by molar-refractivity contribution is 7.90. The molecular weight excluding hydrogens is 222 g/mol. The van der Waals surface area contributed by atoms with Crippen molar-refractivity contribution in [1.82, 2.24) is 9.55 Å². The van der Waals surface area contributed by atoms with Crippen LogP contribution in [0.3, 0.4) is 0 Å². The van der Waals surface area contributed by atoms with Crippen LogP contribution >= 0.6 is 0 Å². The predicted octanol–water partition coefficient (Wildman–Crippen LogP) is 0.144. The van der Waals surface area contributed by atoms with Gasteiger partial charge < -0.3 is 10.1 Å². The molecule has 1 heterocycles. The van der Waals surface area contributed by atoms with Crippen molar-refractivity contribution in [3.63, 3.8) is 0 Å². The van der Waals surface area contributed by atoms with Crippen molar-refractivity contribution in [2.24, 2.45) is 0 Å². The average molecular weight is 233 g/mol. The lowest BCUT2D eigenvalue weighted by Crippen LogP contribution is -2.13. The molecule has 0 unspecified atom stereocenters. The molecule has 0 radical (unpaired) electrons. The molecule has 0 N–H and O–H groups in total. The highest BCUT2D eigenvalue weighted by atomic mass is 32.2. The normalized spacial score (nSPS) is 11.6. The molecule has 0 saturated carbocycles. The summed E-state index contributed by atoms with van der Waals surface area (Å²) >= 11 is 0. The maximum Gasteiger partial charge on any atom is 0.342 e. The van der Waals surface area contributed by atoms with E-state index in [0.717, 1.165) is 12.5 Å². The van der Waals surface area contributed by atoms with Gasteiger partial charge >= 0.3 is 5.82 Å². The lowest BCUT2D eigenvalue weighted by Gasteiger charge is -2.01. The van der Waals surface area contributed by atoms with Crippen LogP contribution in [0.25, 0.3) is 0 Å².